The lowest BCUT2D eigenvalue weighted by molar-refractivity contribution is -0.122. The summed E-state index contributed by atoms with van der Waals surface area (Å²) in [6.07, 6.45) is 4.56. The minimum absolute atomic E-state index is 0.0168. The maximum Gasteiger partial charge on any atom is 0.226 e. The molecule has 8 nitrogen and oxygen atoms in total. The molecule has 0 aromatic carbocycles. The second kappa shape index (κ2) is 7.59. The van der Waals surface area contributed by atoms with E-state index in [0.29, 0.717) is 36.4 Å². The summed E-state index contributed by atoms with van der Waals surface area (Å²) in [7, 11) is 0. The van der Waals surface area contributed by atoms with Gasteiger partial charge in [0.15, 0.2) is 11.5 Å². The third kappa shape index (κ3) is 5.29. The van der Waals surface area contributed by atoms with Crippen molar-refractivity contribution in [3.63, 3.8) is 0 Å². The first kappa shape index (κ1) is 19.8. The van der Waals surface area contributed by atoms with E-state index in [2.05, 4.69) is 63.6 Å². The molecule has 148 valence electrons. The Morgan fingerprint density at radius 3 is 2.67 bits per heavy atom. The Hall–Kier alpha value is -1.93. The van der Waals surface area contributed by atoms with E-state index in [9.17, 15) is 4.79 Å². The standard InChI is InChI=1S/C18H28ClN7O/c1-17(2)8-11(9-18(3,4)26-17)23-12(27)6-5-7-20-14-13-15(22-10-21-13)25-16(19)24-14/h10-11,26H,5-9H2,1-4H3,(H,23,27)(H2,20,21,22,24,25). The summed E-state index contributed by atoms with van der Waals surface area (Å²) < 4.78 is 0. The Kier molecular flexibility index (Phi) is 5.58. The van der Waals surface area contributed by atoms with Crippen LogP contribution in [-0.4, -0.2) is 49.5 Å². The molecular weight excluding hydrogens is 366 g/mol. The van der Waals surface area contributed by atoms with Crippen LogP contribution in [0.4, 0.5) is 5.82 Å². The normalized spacial score (nSPS) is 19.1. The zero-order valence-electron chi connectivity index (χ0n) is 16.3. The van der Waals surface area contributed by atoms with Crippen molar-refractivity contribution in [1.82, 2.24) is 30.6 Å². The number of halogens is 1. The van der Waals surface area contributed by atoms with Gasteiger partial charge in [0.1, 0.15) is 5.52 Å². The molecule has 1 amide bonds. The summed E-state index contributed by atoms with van der Waals surface area (Å²) in [4.78, 5) is 27.6. The van der Waals surface area contributed by atoms with Gasteiger partial charge < -0.3 is 20.9 Å². The first-order valence-electron chi connectivity index (χ1n) is 9.33. The summed E-state index contributed by atoms with van der Waals surface area (Å²) in [5.74, 6) is 0.687. The number of imidazole rings is 1. The highest BCUT2D eigenvalue weighted by Crippen LogP contribution is 2.28. The average molecular weight is 394 g/mol. The van der Waals surface area contributed by atoms with Crippen LogP contribution < -0.4 is 16.0 Å². The molecule has 1 fully saturated rings. The van der Waals surface area contributed by atoms with Crippen molar-refractivity contribution in [3.8, 4) is 0 Å². The highest BCUT2D eigenvalue weighted by atomic mass is 35.5. The molecule has 0 unspecified atom stereocenters. The Morgan fingerprint density at radius 2 is 1.96 bits per heavy atom. The van der Waals surface area contributed by atoms with Crippen molar-refractivity contribution in [2.24, 2.45) is 0 Å². The molecule has 0 atom stereocenters. The molecule has 9 heteroatoms. The van der Waals surface area contributed by atoms with Gasteiger partial charge in [0.05, 0.1) is 6.33 Å². The van der Waals surface area contributed by atoms with Gasteiger partial charge >= 0.3 is 0 Å². The molecule has 27 heavy (non-hydrogen) atoms. The minimum atomic E-state index is 0.0168. The number of nitrogens with one attached hydrogen (secondary N) is 4. The van der Waals surface area contributed by atoms with Crippen molar-refractivity contribution in [2.45, 2.75) is 70.5 Å². The summed E-state index contributed by atoms with van der Waals surface area (Å²) in [5, 5.41) is 10.2. The van der Waals surface area contributed by atoms with Gasteiger partial charge in [-0.05, 0) is 58.6 Å². The fraction of sp³-hybridized carbons (Fsp3) is 0.667. The lowest BCUT2D eigenvalue weighted by Crippen LogP contribution is -2.62. The number of hydrogen-bond acceptors (Lipinski definition) is 6. The van der Waals surface area contributed by atoms with Crippen molar-refractivity contribution in [1.29, 1.82) is 0 Å². The second-order valence-electron chi connectivity index (χ2n) is 8.54. The van der Waals surface area contributed by atoms with Crippen LogP contribution in [0.3, 0.4) is 0 Å². The van der Waals surface area contributed by atoms with E-state index in [1.807, 2.05) is 0 Å². The van der Waals surface area contributed by atoms with Crippen molar-refractivity contribution in [3.05, 3.63) is 11.6 Å². The summed E-state index contributed by atoms with van der Waals surface area (Å²) in [5.41, 5.74) is 1.26. The molecule has 4 N–H and O–H groups in total. The second-order valence-corrected chi connectivity index (χ2v) is 8.88. The molecule has 1 aliphatic rings. The number of amides is 1. The fourth-order valence-electron chi connectivity index (χ4n) is 4.11. The minimum Gasteiger partial charge on any atom is -0.368 e. The Bertz CT molecular complexity index is 801. The molecule has 0 aliphatic carbocycles. The maximum atomic E-state index is 12.3. The number of aromatic nitrogens is 4. The molecule has 0 bridgehead atoms. The molecule has 0 radical (unpaired) electrons. The Labute approximate surface area is 164 Å². The van der Waals surface area contributed by atoms with E-state index in [0.717, 1.165) is 12.8 Å². The summed E-state index contributed by atoms with van der Waals surface area (Å²) >= 11 is 5.91. The monoisotopic (exact) mass is 393 g/mol. The zero-order valence-corrected chi connectivity index (χ0v) is 17.1. The summed E-state index contributed by atoms with van der Waals surface area (Å²) in [6.45, 7) is 9.33. The van der Waals surface area contributed by atoms with E-state index in [4.69, 9.17) is 11.6 Å². The molecule has 1 aliphatic heterocycles. The van der Waals surface area contributed by atoms with Gasteiger partial charge in [0, 0.05) is 30.1 Å². The third-order valence-electron chi connectivity index (χ3n) is 4.69. The van der Waals surface area contributed by atoms with Crippen LogP contribution in [0, 0.1) is 0 Å². The molecule has 3 rings (SSSR count). The lowest BCUT2D eigenvalue weighted by atomic mass is 9.79. The van der Waals surface area contributed by atoms with Crippen LogP contribution in [0.5, 0.6) is 0 Å². The summed E-state index contributed by atoms with van der Waals surface area (Å²) in [6, 6.07) is 0.196. The van der Waals surface area contributed by atoms with Gasteiger partial charge in [-0.3, -0.25) is 4.79 Å². The van der Waals surface area contributed by atoms with Crippen LogP contribution in [-0.2, 0) is 4.79 Å². The predicted octanol–water partition coefficient (Wildman–Crippen LogP) is 2.62. The van der Waals surface area contributed by atoms with Crippen LogP contribution >= 0.6 is 11.6 Å². The van der Waals surface area contributed by atoms with Gasteiger partial charge in [-0.1, -0.05) is 0 Å². The van der Waals surface area contributed by atoms with Gasteiger partial charge in [-0.2, -0.15) is 9.97 Å². The SMILES string of the molecule is CC1(C)CC(NC(=O)CCCNc2nc(Cl)nc3nc[nH]c23)CC(C)(C)N1. The van der Waals surface area contributed by atoms with Gasteiger partial charge in [-0.15, -0.1) is 0 Å². The number of anilines is 1. The number of carbonyl (C=O) groups excluding carboxylic acids is 1. The van der Waals surface area contributed by atoms with Crippen molar-refractivity contribution >= 4 is 34.5 Å². The first-order valence-corrected chi connectivity index (χ1v) is 9.71. The Morgan fingerprint density at radius 1 is 1.26 bits per heavy atom. The first-order chi connectivity index (χ1) is 12.6. The van der Waals surface area contributed by atoms with Crippen LogP contribution in [0.1, 0.15) is 53.4 Å². The number of piperidine rings is 1. The van der Waals surface area contributed by atoms with E-state index in [-0.39, 0.29) is 28.3 Å². The van der Waals surface area contributed by atoms with E-state index in [1.54, 1.807) is 6.33 Å². The van der Waals surface area contributed by atoms with E-state index < -0.39 is 0 Å². The molecule has 1 saturated heterocycles. The highest BCUT2D eigenvalue weighted by molar-refractivity contribution is 6.28. The van der Waals surface area contributed by atoms with Crippen LogP contribution in [0.15, 0.2) is 6.33 Å². The van der Waals surface area contributed by atoms with E-state index in [1.165, 1.54) is 0 Å². The molecule has 0 spiro atoms. The van der Waals surface area contributed by atoms with Crippen molar-refractivity contribution < 1.29 is 4.79 Å². The molecule has 2 aromatic heterocycles. The van der Waals surface area contributed by atoms with Gasteiger partial charge in [0.2, 0.25) is 11.2 Å². The number of hydrogen-bond donors (Lipinski definition) is 4. The Balaban J connectivity index is 1.46. The van der Waals surface area contributed by atoms with Crippen molar-refractivity contribution in [2.75, 3.05) is 11.9 Å². The number of nitrogens with zero attached hydrogens (tertiary/aromatic N) is 3. The number of H-pyrrole nitrogens is 1. The molecule has 0 saturated carbocycles. The molecular formula is C18H28ClN7O. The van der Waals surface area contributed by atoms with Gasteiger partial charge in [0.25, 0.3) is 0 Å². The average Bonchev–Trinajstić information content (AvgIpc) is 2.96. The third-order valence-corrected chi connectivity index (χ3v) is 4.86. The smallest absolute Gasteiger partial charge is 0.226 e. The van der Waals surface area contributed by atoms with Crippen LogP contribution in [0.25, 0.3) is 11.2 Å². The lowest BCUT2D eigenvalue weighted by Gasteiger charge is -2.46. The molecule has 3 heterocycles. The van der Waals surface area contributed by atoms with Gasteiger partial charge in [-0.25, -0.2) is 4.98 Å². The maximum absolute atomic E-state index is 12.3. The number of fused-ring (bicyclic) bond motifs is 1. The zero-order chi connectivity index (χ0) is 19.7. The quantitative estimate of drug-likeness (QED) is 0.444. The number of carbonyl (C=O) groups is 1. The highest BCUT2D eigenvalue weighted by Gasteiger charge is 2.37. The topological polar surface area (TPSA) is 108 Å². The van der Waals surface area contributed by atoms with E-state index >= 15 is 0 Å². The largest absolute Gasteiger partial charge is 0.368 e. The number of rotatable bonds is 6. The van der Waals surface area contributed by atoms with Crippen LogP contribution in [0.2, 0.25) is 5.28 Å². The fourth-order valence-corrected chi connectivity index (χ4v) is 4.28. The predicted molar refractivity (Wildman–Crippen MR) is 107 cm³/mol. The molecule has 2 aromatic rings. The number of aromatic amines is 1.